The van der Waals surface area contributed by atoms with Crippen molar-refractivity contribution in [3.8, 4) is 0 Å². The van der Waals surface area contributed by atoms with E-state index in [9.17, 15) is 0 Å². The molecule has 2 saturated carbocycles. The van der Waals surface area contributed by atoms with E-state index in [2.05, 4.69) is 6.92 Å². The molecule has 2 bridgehead atoms. The minimum absolute atomic E-state index is 0.373. The van der Waals surface area contributed by atoms with Crippen LogP contribution in [0.25, 0.3) is 0 Å². The maximum Gasteiger partial charge on any atom is 0.0566 e. The SMILES string of the molecule is CCC1(COCC2CC3CC([SiH3])C2C3)COC1. The Morgan fingerprint density at radius 3 is 2.65 bits per heavy atom. The summed E-state index contributed by atoms with van der Waals surface area (Å²) in [5.74, 6) is 2.98. The molecule has 0 aromatic heterocycles. The quantitative estimate of drug-likeness (QED) is 0.694. The van der Waals surface area contributed by atoms with Crippen LogP contribution in [0.4, 0.5) is 0 Å². The highest BCUT2D eigenvalue weighted by molar-refractivity contribution is 6.12. The fourth-order valence-electron chi connectivity index (χ4n) is 4.27. The highest BCUT2D eigenvalue weighted by atomic mass is 28.1. The second-order valence-corrected chi connectivity index (χ2v) is 8.32. The Balaban J connectivity index is 1.43. The van der Waals surface area contributed by atoms with Gasteiger partial charge in [-0.2, -0.15) is 0 Å². The number of fused-ring (bicyclic) bond motifs is 2. The molecule has 98 valence electrons. The first kappa shape index (κ1) is 12.2. The highest BCUT2D eigenvalue weighted by Crippen LogP contribution is 2.53. The molecule has 3 rings (SSSR count). The third-order valence-corrected chi connectivity index (χ3v) is 6.92. The van der Waals surface area contributed by atoms with Crippen LogP contribution in [-0.4, -0.2) is 36.7 Å². The maximum absolute atomic E-state index is 6.05. The molecule has 1 heterocycles. The van der Waals surface area contributed by atoms with Crippen LogP contribution in [-0.2, 0) is 9.47 Å². The molecule has 1 aliphatic heterocycles. The Morgan fingerprint density at radius 1 is 1.29 bits per heavy atom. The van der Waals surface area contributed by atoms with Crippen molar-refractivity contribution in [3.63, 3.8) is 0 Å². The zero-order valence-electron chi connectivity index (χ0n) is 11.3. The molecule has 0 amide bonds. The number of hydrogen-bond acceptors (Lipinski definition) is 2. The molecule has 0 N–H and O–H groups in total. The van der Waals surface area contributed by atoms with Gasteiger partial charge in [-0.05, 0) is 37.0 Å². The fourth-order valence-corrected chi connectivity index (χ4v) is 5.75. The van der Waals surface area contributed by atoms with E-state index in [1.807, 2.05) is 0 Å². The molecular formula is C14H26O2Si. The summed E-state index contributed by atoms with van der Waals surface area (Å²) in [5, 5.41) is 0. The zero-order valence-corrected chi connectivity index (χ0v) is 13.3. The smallest absolute Gasteiger partial charge is 0.0566 e. The van der Waals surface area contributed by atoms with Crippen molar-refractivity contribution in [3.05, 3.63) is 0 Å². The Labute approximate surface area is 108 Å². The molecule has 1 saturated heterocycles. The van der Waals surface area contributed by atoms with Crippen molar-refractivity contribution in [1.29, 1.82) is 0 Å². The molecule has 4 unspecified atom stereocenters. The van der Waals surface area contributed by atoms with Crippen molar-refractivity contribution in [2.24, 2.45) is 23.2 Å². The molecular weight excluding hydrogens is 228 g/mol. The van der Waals surface area contributed by atoms with Crippen molar-refractivity contribution < 1.29 is 9.47 Å². The average Bonchev–Trinajstić information content (AvgIpc) is 2.80. The Morgan fingerprint density at radius 2 is 2.12 bits per heavy atom. The van der Waals surface area contributed by atoms with Gasteiger partial charge in [-0.3, -0.25) is 0 Å². The van der Waals surface area contributed by atoms with Crippen molar-refractivity contribution >= 4 is 10.2 Å². The van der Waals surface area contributed by atoms with Crippen LogP contribution >= 0.6 is 0 Å². The lowest BCUT2D eigenvalue weighted by molar-refractivity contribution is -0.153. The summed E-state index contributed by atoms with van der Waals surface area (Å²) in [6.45, 7) is 6.06. The minimum atomic E-state index is 0.373. The topological polar surface area (TPSA) is 18.5 Å². The van der Waals surface area contributed by atoms with E-state index >= 15 is 0 Å². The lowest BCUT2D eigenvalue weighted by atomic mass is 9.84. The van der Waals surface area contributed by atoms with Crippen LogP contribution in [0.15, 0.2) is 0 Å². The van der Waals surface area contributed by atoms with Crippen molar-refractivity contribution in [1.82, 2.24) is 0 Å². The van der Waals surface area contributed by atoms with Gasteiger partial charge in [0.25, 0.3) is 0 Å². The predicted octanol–water partition coefficient (Wildman–Crippen LogP) is 1.63. The summed E-state index contributed by atoms with van der Waals surface area (Å²) in [4.78, 5) is 0. The van der Waals surface area contributed by atoms with E-state index in [1.165, 1.54) is 29.5 Å². The van der Waals surface area contributed by atoms with Gasteiger partial charge in [-0.25, -0.2) is 0 Å². The second kappa shape index (κ2) is 4.67. The maximum atomic E-state index is 6.05. The summed E-state index contributed by atoms with van der Waals surface area (Å²) in [6.07, 6.45) is 5.72. The molecule has 0 aromatic rings. The van der Waals surface area contributed by atoms with Crippen LogP contribution in [0.3, 0.4) is 0 Å². The van der Waals surface area contributed by atoms with E-state index in [-0.39, 0.29) is 0 Å². The first-order chi connectivity index (χ1) is 8.22. The van der Waals surface area contributed by atoms with E-state index in [0.717, 1.165) is 49.7 Å². The summed E-state index contributed by atoms with van der Waals surface area (Å²) >= 11 is 0. The Hall–Kier alpha value is 0.137. The van der Waals surface area contributed by atoms with Gasteiger partial charge < -0.3 is 9.47 Å². The third-order valence-electron chi connectivity index (χ3n) is 5.59. The normalized spacial score (nSPS) is 42.9. The summed E-state index contributed by atoms with van der Waals surface area (Å²) in [7, 11) is 1.40. The molecule has 0 spiro atoms. The molecule has 3 fully saturated rings. The first-order valence-corrected chi connectivity index (χ1v) is 8.53. The zero-order chi connectivity index (χ0) is 11.9. The molecule has 2 nitrogen and oxygen atoms in total. The van der Waals surface area contributed by atoms with E-state index in [0.29, 0.717) is 5.41 Å². The lowest BCUT2D eigenvalue weighted by Gasteiger charge is -2.41. The van der Waals surface area contributed by atoms with E-state index in [4.69, 9.17) is 9.47 Å². The molecule has 2 aliphatic carbocycles. The van der Waals surface area contributed by atoms with Crippen LogP contribution < -0.4 is 0 Å². The monoisotopic (exact) mass is 254 g/mol. The largest absolute Gasteiger partial charge is 0.380 e. The van der Waals surface area contributed by atoms with E-state index in [1.54, 1.807) is 6.42 Å². The standard InChI is InChI=1S/C14H26O2Si/c1-2-14(8-16-9-14)7-15-6-11-3-10-4-12(11)13(17)5-10/h10-13H,2-9H2,1,17H3. The predicted molar refractivity (Wildman–Crippen MR) is 72.4 cm³/mol. The molecule has 4 atom stereocenters. The molecule has 3 heteroatoms. The molecule has 0 radical (unpaired) electrons. The third kappa shape index (κ3) is 2.22. The van der Waals surface area contributed by atoms with Crippen molar-refractivity contribution in [2.45, 2.75) is 38.1 Å². The highest BCUT2D eigenvalue weighted by Gasteiger charge is 2.44. The van der Waals surface area contributed by atoms with Crippen LogP contribution in [0, 0.1) is 23.2 Å². The summed E-state index contributed by atoms with van der Waals surface area (Å²) in [5.41, 5.74) is 1.47. The van der Waals surface area contributed by atoms with Crippen molar-refractivity contribution in [2.75, 3.05) is 26.4 Å². The van der Waals surface area contributed by atoms with Gasteiger partial charge in [0, 0.05) is 22.3 Å². The average molecular weight is 254 g/mol. The molecule has 0 aromatic carbocycles. The molecule has 3 aliphatic rings. The minimum Gasteiger partial charge on any atom is -0.380 e. The number of ether oxygens (including phenoxy) is 2. The summed E-state index contributed by atoms with van der Waals surface area (Å²) < 4.78 is 11.4. The van der Waals surface area contributed by atoms with Gasteiger partial charge in [0.15, 0.2) is 0 Å². The van der Waals surface area contributed by atoms with Gasteiger partial charge in [0.1, 0.15) is 0 Å². The Kier molecular flexibility index (Phi) is 3.35. The second-order valence-electron chi connectivity index (χ2n) is 6.84. The van der Waals surface area contributed by atoms with Gasteiger partial charge in [0.05, 0.1) is 19.8 Å². The number of rotatable bonds is 5. The van der Waals surface area contributed by atoms with Crippen LogP contribution in [0.2, 0.25) is 5.54 Å². The van der Waals surface area contributed by atoms with E-state index < -0.39 is 0 Å². The Bertz CT molecular complexity index is 272. The van der Waals surface area contributed by atoms with Crippen LogP contribution in [0.5, 0.6) is 0 Å². The van der Waals surface area contributed by atoms with Gasteiger partial charge in [-0.1, -0.05) is 18.9 Å². The molecule has 17 heavy (non-hydrogen) atoms. The summed E-state index contributed by atoms with van der Waals surface area (Å²) in [6, 6.07) is 0. The van der Waals surface area contributed by atoms with Crippen LogP contribution in [0.1, 0.15) is 32.6 Å². The lowest BCUT2D eigenvalue weighted by Crippen LogP contribution is -2.46. The first-order valence-electron chi connectivity index (χ1n) is 7.38. The number of hydrogen-bond donors (Lipinski definition) is 0. The van der Waals surface area contributed by atoms with Gasteiger partial charge in [-0.15, -0.1) is 0 Å². The fraction of sp³-hybridized carbons (Fsp3) is 1.00. The van der Waals surface area contributed by atoms with Gasteiger partial charge in [0.2, 0.25) is 0 Å². The van der Waals surface area contributed by atoms with Gasteiger partial charge >= 0.3 is 0 Å².